The normalized spacial score (nSPS) is 11.2. The molecule has 0 rings (SSSR count). The second-order valence-electron chi connectivity index (χ2n) is 7.64. The minimum absolute atomic E-state index is 0. The number of allylic oxidation sites excluding steroid dienone is 3. The molecule has 0 aliphatic rings. The van der Waals surface area contributed by atoms with Gasteiger partial charge in [0, 0.05) is 74.6 Å². The molecule has 0 saturated heterocycles. The van der Waals surface area contributed by atoms with Crippen LogP contribution in [0, 0.1) is 0 Å². The smallest absolute Gasteiger partial charge is 0.190 e. The zero-order chi connectivity index (χ0) is 30.8. The van der Waals surface area contributed by atoms with E-state index in [-0.39, 0.29) is 131 Å². The molecule has 0 radical (unpaired) electrons. The van der Waals surface area contributed by atoms with Gasteiger partial charge in [0.15, 0.2) is 35.0 Å². The Morgan fingerprint density at radius 2 is 0.600 bits per heavy atom. The Morgan fingerprint density at radius 3 is 0.700 bits per heavy atom. The van der Waals surface area contributed by atoms with Gasteiger partial charge in [0.2, 0.25) is 0 Å². The summed E-state index contributed by atoms with van der Waals surface area (Å²) in [6, 6.07) is 0. The van der Waals surface area contributed by atoms with Crippen LogP contribution >= 0.6 is 0 Å². The van der Waals surface area contributed by atoms with E-state index in [1.54, 1.807) is 0 Å². The minimum atomic E-state index is -0.279. The molecular formula is C24H45FeN3O12. The fraction of sp³-hybridized carbons (Fsp3) is 0.625. The van der Waals surface area contributed by atoms with Gasteiger partial charge in [-0.1, -0.05) is 0 Å². The number of hydrogen-bond donors (Lipinski definition) is 9. The van der Waals surface area contributed by atoms with Crippen LogP contribution in [0.2, 0.25) is 0 Å². The first-order chi connectivity index (χ1) is 18.3. The molecule has 0 bridgehead atoms. The maximum Gasteiger partial charge on any atom is 0.190 e. The third-order valence-corrected chi connectivity index (χ3v) is 4.19. The summed E-state index contributed by atoms with van der Waals surface area (Å²) >= 11 is 0. The van der Waals surface area contributed by atoms with E-state index in [0.717, 1.165) is 18.2 Å². The monoisotopic (exact) mass is 623 g/mol. The van der Waals surface area contributed by atoms with Crippen LogP contribution in [0.5, 0.6) is 0 Å². The van der Waals surface area contributed by atoms with Crippen molar-refractivity contribution in [2.75, 3.05) is 78.9 Å². The molecule has 0 aliphatic heterocycles. The third-order valence-electron chi connectivity index (χ3n) is 4.19. The van der Waals surface area contributed by atoms with E-state index in [9.17, 15) is 29.7 Å². The zero-order valence-corrected chi connectivity index (χ0v) is 24.3. The first-order valence-corrected chi connectivity index (χ1v) is 12.0. The summed E-state index contributed by atoms with van der Waals surface area (Å²) in [6.45, 7) is 4.22. The van der Waals surface area contributed by atoms with Crippen molar-refractivity contribution in [3.05, 3.63) is 35.9 Å². The number of aliphatic hydroxyl groups excluding tert-OH is 9. The largest absolute Gasteiger partial charge is 0.495 e. The summed E-state index contributed by atoms with van der Waals surface area (Å²) in [4.78, 5) is 35.7. The van der Waals surface area contributed by atoms with Crippen LogP contribution in [0.4, 0.5) is 0 Å². The Hall–Kier alpha value is -2.69. The molecule has 0 amide bonds. The quantitative estimate of drug-likeness (QED) is 0.0446. The molecule has 16 heteroatoms. The SMILES string of the molecule is CC(=O)C=C(O)N(CCO)CCO.CC(=O)C=C(O)N(CCO)CCO.CC(=O)C=C(O)N(CCO)CCO.[Fe]. The Kier molecular flexibility index (Phi) is 32.5. The molecule has 0 atom stereocenters. The van der Waals surface area contributed by atoms with Gasteiger partial charge in [-0.05, 0) is 20.8 Å². The molecule has 0 heterocycles. The maximum absolute atomic E-state index is 10.6. The number of nitrogens with zero attached hydrogens (tertiary/aromatic N) is 3. The van der Waals surface area contributed by atoms with Gasteiger partial charge < -0.3 is 60.7 Å². The van der Waals surface area contributed by atoms with Crippen LogP contribution < -0.4 is 0 Å². The van der Waals surface area contributed by atoms with E-state index in [2.05, 4.69) is 0 Å². The van der Waals surface area contributed by atoms with Crippen molar-refractivity contribution in [2.24, 2.45) is 0 Å². The maximum atomic E-state index is 10.6. The van der Waals surface area contributed by atoms with Gasteiger partial charge in [-0.3, -0.25) is 14.4 Å². The standard InChI is InChI=1S/3C8H15NO4.Fe/c3*1-7(12)6-8(13)9(2-4-10)3-5-11;/h3*6,10-11,13H,2-5H2,1H3;. The van der Waals surface area contributed by atoms with Gasteiger partial charge in [-0.25, -0.2) is 0 Å². The van der Waals surface area contributed by atoms with Gasteiger partial charge in [-0.15, -0.1) is 0 Å². The summed E-state index contributed by atoms with van der Waals surface area (Å²) in [5.41, 5.74) is 0. The average Bonchev–Trinajstić information content (AvgIpc) is 2.83. The average molecular weight is 623 g/mol. The van der Waals surface area contributed by atoms with Gasteiger partial charge in [0.25, 0.3) is 0 Å². The van der Waals surface area contributed by atoms with Crippen molar-refractivity contribution in [3.63, 3.8) is 0 Å². The molecule has 0 aliphatic carbocycles. The first kappa shape index (κ1) is 44.3. The molecule has 0 aromatic heterocycles. The number of carbonyl (C=O) groups excluding carboxylic acids is 3. The second-order valence-corrected chi connectivity index (χ2v) is 7.64. The summed E-state index contributed by atoms with van der Waals surface area (Å²) in [5.74, 6) is -1.52. The second kappa shape index (κ2) is 29.3. The van der Waals surface area contributed by atoms with E-state index in [4.69, 9.17) is 30.6 Å². The molecular weight excluding hydrogens is 578 g/mol. The predicted molar refractivity (Wildman–Crippen MR) is 141 cm³/mol. The van der Waals surface area contributed by atoms with Crippen molar-refractivity contribution in [2.45, 2.75) is 20.8 Å². The molecule has 0 fully saturated rings. The van der Waals surface area contributed by atoms with E-state index in [1.807, 2.05) is 0 Å². The Labute approximate surface area is 245 Å². The minimum Gasteiger partial charge on any atom is -0.495 e. The predicted octanol–water partition coefficient (Wildman–Crippen LogP) is -2.22. The van der Waals surface area contributed by atoms with E-state index >= 15 is 0 Å². The van der Waals surface area contributed by atoms with Gasteiger partial charge in [0.1, 0.15) is 0 Å². The molecule has 40 heavy (non-hydrogen) atoms. The third kappa shape index (κ3) is 26.9. The summed E-state index contributed by atoms with van der Waals surface area (Å²) in [5, 5.41) is 79.5. The fourth-order valence-electron chi connectivity index (χ4n) is 2.57. The van der Waals surface area contributed by atoms with Crippen LogP contribution in [0.25, 0.3) is 0 Å². The topological polar surface area (TPSA) is 243 Å². The molecule has 15 nitrogen and oxygen atoms in total. The molecule has 0 spiro atoms. The van der Waals surface area contributed by atoms with Crippen molar-refractivity contribution in [1.82, 2.24) is 14.7 Å². The van der Waals surface area contributed by atoms with Crippen molar-refractivity contribution in [1.29, 1.82) is 0 Å². The van der Waals surface area contributed by atoms with Gasteiger partial charge >= 0.3 is 0 Å². The van der Waals surface area contributed by atoms with E-state index < -0.39 is 0 Å². The number of hydrogen-bond acceptors (Lipinski definition) is 15. The van der Waals surface area contributed by atoms with E-state index in [1.165, 1.54) is 35.5 Å². The Bertz CT molecular complexity index is 660. The molecule has 9 N–H and O–H groups in total. The summed E-state index contributed by atoms with van der Waals surface area (Å²) in [7, 11) is 0. The van der Waals surface area contributed by atoms with Gasteiger partial charge in [0.05, 0.1) is 39.6 Å². The zero-order valence-electron chi connectivity index (χ0n) is 23.2. The number of ketones is 3. The first-order valence-electron chi connectivity index (χ1n) is 12.0. The molecule has 0 aromatic rings. The Morgan fingerprint density at radius 1 is 0.450 bits per heavy atom. The number of carbonyl (C=O) groups is 3. The molecule has 0 aromatic carbocycles. The van der Waals surface area contributed by atoms with Crippen LogP contribution in [0.1, 0.15) is 20.8 Å². The fourth-order valence-corrected chi connectivity index (χ4v) is 2.57. The molecule has 0 saturated carbocycles. The summed E-state index contributed by atoms with van der Waals surface area (Å²) < 4.78 is 0. The molecule has 236 valence electrons. The molecule has 0 unspecified atom stereocenters. The number of rotatable bonds is 18. The van der Waals surface area contributed by atoms with Crippen LogP contribution in [-0.2, 0) is 31.5 Å². The van der Waals surface area contributed by atoms with Gasteiger partial charge in [-0.2, -0.15) is 0 Å². The van der Waals surface area contributed by atoms with Crippen LogP contribution in [0.15, 0.2) is 35.9 Å². The Balaban J connectivity index is -0.000000240. The van der Waals surface area contributed by atoms with Crippen molar-refractivity contribution < 1.29 is 77.4 Å². The van der Waals surface area contributed by atoms with Crippen molar-refractivity contribution in [3.8, 4) is 0 Å². The number of aliphatic hydroxyl groups is 9. The van der Waals surface area contributed by atoms with E-state index in [0.29, 0.717) is 0 Å². The van der Waals surface area contributed by atoms with Crippen LogP contribution in [-0.4, -0.2) is 157 Å². The van der Waals surface area contributed by atoms with Crippen molar-refractivity contribution >= 4 is 17.3 Å². The van der Waals surface area contributed by atoms with Crippen LogP contribution in [0.3, 0.4) is 0 Å². The summed E-state index contributed by atoms with van der Waals surface area (Å²) in [6.07, 6.45) is 3.14.